The van der Waals surface area contributed by atoms with Crippen molar-refractivity contribution >= 4 is 21.6 Å². The lowest BCUT2D eigenvalue weighted by Gasteiger charge is -2.26. The summed E-state index contributed by atoms with van der Waals surface area (Å²) in [6.07, 6.45) is 4.40. The van der Waals surface area contributed by atoms with E-state index in [0.29, 0.717) is 11.4 Å². The molecule has 184 valence electrons. The fourth-order valence-corrected chi connectivity index (χ4v) is 5.83. The van der Waals surface area contributed by atoms with Crippen LogP contribution in [0.2, 0.25) is 0 Å². The average Bonchev–Trinajstić information content (AvgIpc) is 2.88. The number of sulfone groups is 1. The quantitative estimate of drug-likeness (QED) is 0.454. The summed E-state index contributed by atoms with van der Waals surface area (Å²) in [7, 11) is -0.408. The number of amides is 2. The lowest BCUT2D eigenvalue weighted by molar-refractivity contribution is 0.208. The van der Waals surface area contributed by atoms with Gasteiger partial charge in [-0.1, -0.05) is 48.5 Å². The maximum atomic E-state index is 13.2. The van der Waals surface area contributed by atoms with Crippen molar-refractivity contribution in [1.82, 2.24) is 4.90 Å². The third kappa shape index (κ3) is 5.68. The number of methoxy groups -OCH3 is 1. The van der Waals surface area contributed by atoms with Crippen LogP contribution in [0, 0.1) is 0 Å². The zero-order valence-electron chi connectivity index (χ0n) is 20.5. The van der Waals surface area contributed by atoms with Gasteiger partial charge >= 0.3 is 6.03 Å². The summed E-state index contributed by atoms with van der Waals surface area (Å²) in [5, 5.41) is 2.84. The number of rotatable bonds is 7. The molecule has 0 saturated carbocycles. The van der Waals surface area contributed by atoms with Crippen LogP contribution in [0.4, 0.5) is 10.5 Å². The monoisotopic (exact) mass is 492 g/mol. The molecule has 1 atom stereocenters. The number of ether oxygens (including phenoxy) is 1. The topological polar surface area (TPSA) is 75.7 Å². The predicted octanol–water partition coefficient (Wildman–Crippen LogP) is 5.77. The predicted molar refractivity (Wildman–Crippen MR) is 139 cm³/mol. The van der Waals surface area contributed by atoms with Crippen LogP contribution in [-0.2, 0) is 28.4 Å². The molecule has 0 spiro atoms. The van der Waals surface area contributed by atoms with E-state index in [4.69, 9.17) is 4.74 Å². The minimum Gasteiger partial charge on any atom is -0.495 e. The highest BCUT2D eigenvalue weighted by atomic mass is 32.2. The molecule has 1 unspecified atom stereocenters. The van der Waals surface area contributed by atoms with Crippen molar-refractivity contribution in [3.05, 3.63) is 89.0 Å². The first-order valence-corrected chi connectivity index (χ1v) is 13.5. The van der Waals surface area contributed by atoms with Crippen molar-refractivity contribution in [3.63, 3.8) is 0 Å². The van der Waals surface area contributed by atoms with Gasteiger partial charge in [-0.2, -0.15) is 0 Å². The molecule has 6 nitrogen and oxygen atoms in total. The van der Waals surface area contributed by atoms with E-state index in [2.05, 4.69) is 11.4 Å². The van der Waals surface area contributed by atoms with Crippen LogP contribution in [0.15, 0.2) is 71.6 Å². The Morgan fingerprint density at radius 2 is 1.71 bits per heavy atom. The van der Waals surface area contributed by atoms with E-state index in [0.717, 1.165) is 30.4 Å². The molecule has 1 aliphatic rings. The number of nitrogens with one attached hydrogen (secondary N) is 1. The standard InChI is InChI=1S/C28H32N2O4S/c1-20(22-9-5-4-6-10-22)30(2)28(31)29-26-16-15-25(18-27(26)34-3)35(32,33)19-21-13-14-23-11-7-8-12-24(23)17-21/h4-6,9-10,13-18,20H,7-8,11-12,19H2,1-3H3,(H,29,31). The first-order valence-electron chi connectivity index (χ1n) is 11.9. The number of aryl methyl sites for hydroxylation is 2. The molecule has 0 aromatic heterocycles. The van der Waals surface area contributed by atoms with E-state index in [-0.39, 0.29) is 22.7 Å². The molecule has 0 bridgehead atoms. The normalized spacial score (nSPS) is 14.0. The van der Waals surface area contributed by atoms with Crippen LogP contribution in [-0.4, -0.2) is 33.5 Å². The Kier molecular flexibility index (Phi) is 7.45. The number of carbonyl (C=O) groups excluding carboxylic acids is 1. The largest absolute Gasteiger partial charge is 0.495 e. The van der Waals surface area contributed by atoms with Gasteiger partial charge in [0.1, 0.15) is 5.75 Å². The van der Waals surface area contributed by atoms with E-state index < -0.39 is 9.84 Å². The maximum Gasteiger partial charge on any atom is 0.322 e. The Balaban J connectivity index is 1.50. The summed E-state index contributed by atoms with van der Waals surface area (Å²) in [5.41, 5.74) is 4.80. The van der Waals surface area contributed by atoms with Crippen LogP contribution in [0.3, 0.4) is 0 Å². The summed E-state index contributed by atoms with van der Waals surface area (Å²) in [6.45, 7) is 1.95. The molecular weight excluding hydrogens is 460 g/mol. The van der Waals surface area contributed by atoms with Crippen molar-refractivity contribution in [1.29, 1.82) is 0 Å². The van der Waals surface area contributed by atoms with Gasteiger partial charge in [0.05, 0.1) is 29.5 Å². The van der Waals surface area contributed by atoms with Gasteiger partial charge < -0.3 is 15.0 Å². The van der Waals surface area contributed by atoms with Gasteiger partial charge in [-0.05, 0) is 67.0 Å². The highest BCUT2D eigenvalue weighted by Gasteiger charge is 2.22. The Hall–Kier alpha value is -3.32. The third-order valence-corrected chi connectivity index (χ3v) is 8.41. The van der Waals surface area contributed by atoms with Crippen LogP contribution in [0.5, 0.6) is 5.75 Å². The molecule has 3 aromatic rings. The molecule has 1 aliphatic carbocycles. The van der Waals surface area contributed by atoms with Crippen molar-refractivity contribution < 1.29 is 17.9 Å². The van der Waals surface area contributed by atoms with E-state index in [1.165, 1.54) is 36.8 Å². The van der Waals surface area contributed by atoms with E-state index in [1.807, 2.05) is 49.4 Å². The number of hydrogen-bond acceptors (Lipinski definition) is 4. The highest BCUT2D eigenvalue weighted by molar-refractivity contribution is 7.90. The van der Waals surface area contributed by atoms with E-state index >= 15 is 0 Å². The Morgan fingerprint density at radius 3 is 2.43 bits per heavy atom. The highest BCUT2D eigenvalue weighted by Crippen LogP contribution is 2.31. The van der Waals surface area contributed by atoms with Gasteiger partial charge in [-0.25, -0.2) is 13.2 Å². The zero-order valence-corrected chi connectivity index (χ0v) is 21.3. The lowest BCUT2D eigenvalue weighted by atomic mass is 9.91. The van der Waals surface area contributed by atoms with Gasteiger partial charge in [-0.15, -0.1) is 0 Å². The lowest BCUT2D eigenvalue weighted by Crippen LogP contribution is -2.33. The Morgan fingerprint density at radius 1 is 1.00 bits per heavy atom. The van der Waals surface area contributed by atoms with Gasteiger partial charge in [0.25, 0.3) is 0 Å². The summed E-state index contributed by atoms with van der Waals surface area (Å²) in [5.74, 6) is 0.220. The molecule has 2 amide bonds. The number of benzene rings is 3. The summed E-state index contributed by atoms with van der Waals surface area (Å²) < 4.78 is 31.8. The van der Waals surface area contributed by atoms with Gasteiger partial charge in [0.2, 0.25) is 0 Å². The van der Waals surface area contributed by atoms with Crippen molar-refractivity contribution in [3.8, 4) is 5.75 Å². The maximum absolute atomic E-state index is 13.2. The van der Waals surface area contributed by atoms with Crippen molar-refractivity contribution in [2.75, 3.05) is 19.5 Å². The van der Waals surface area contributed by atoms with Crippen LogP contribution < -0.4 is 10.1 Å². The first-order chi connectivity index (χ1) is 16.8. The smallest absolute Gasteiger partial charge is 0.322 e. The number of anilines is 1. The molecule has 3 aromatic carbocycles. The second-order valence-corrected chi connectivity index (χ2v) is 11.0. The summed E-state index contributed by atoms with van der Waals surface area (Å²) in [6, 6.07) is 19.9. The number of carbonyl (C=O) groups is 1. The number of urea groups is 1. The second kappa shape index (κ2) is 10.5. The fraction of sp³-hybridized carbons (Fsp3) is 0.321. The van der Waals surface area contributed by atoms with E-state index in [1.54, 1.807) is 18.0 Å². The van der Waals surface area contributed by atoms with Crippen LogP contribution >= 0.6 is 0 Å². The number of fused-ring (bicyclic) bond motifs is 1. The molecule has 0 aliphatic heterocycles. The van der Waals surface area contributed by atoms with Gasteiger partial charge in [0.15, 0.2) is 9.84 Å². The Labute approximate surface area is 207 Å². The minimum atomic E-state index is -3.59. The fourth-order valence-electron chi connectivity index (χ4n) is 4.48. The van der Waals surface area contributed by atoms with Gasteiger partial charge in [0, 0.05) is 13.1 Å². The molecule has 0 saturated heterocycles. The SMILES string of the molecule is COc1cc(S(=O)(=O)Cc2ccc3c(c2)CCCC3)ccc1NC(=O)N(C)C(C)c1ccccc1. The summed E-state index contributed by atoms with van der Waals surface area (Å²) >= 11 is 0. The Bertz CT molecular complexity index is 1310. The number of hydrogen-bond donors (Lipinski definition) is 1. The number of nitrogens with zero attached hydrogens (tertiary/aromatic N) is 1. The van der Waals surface area contributed by atoms with Crippen LogP contribution in [0.1, 0.15) is 48.1 Å². The second-order valence-electron chi connectivity index (χ2n) is 9.06. The third-order valence-electron chi connectivity index (χ3n) is 6.73. The first kappa shape index (κ1) is 24.8. The molecule has 0 fully saturated rings. The molecule has 7 heteroatoms. The minimum absolute atomic E-state index is 0.0769. The van der Waals surface area contributed by atoms with Crippen LogP contribution in [0.25, 0.3) is 0 Å². The average molecular weight is 493 g/mol. The van der Waals surface area contributed by atoms with Gasteiger partial charge in [-0.3, -0.25) is 0 Å². The summed E-state index contributed by atoms with van der Waals surface area (Å²) in [4.78, 5) is 14.6. The molecule has 1 N–H and O–H groups in total. The molecule has 0 radical (unpaired) electrons. The van der Waals surface area contributed by atoms with Crippen molar-refractivity contribution in [2.24, 2.45) is 0 Å². The molecule has 35 heavy (non-hydrogen) atoms. The van der Waals surface area contributed by atoms with E-state index in [9.17, 15) is 13.2 Å². The molecular formula is C28H32N2O4S. The van der Waals surface area contributed by atoms with Crippen molar-refractivity contribution in [2.45, 2.75) is 49.3 Å². The molecule has 4 rings (SSSR count). The molecule has 0 heterocycles. The zero-order chi connectivity index (χ0) is 25.0.